The van der Waals surface area contributed by atoms with Gasteiger partial charge in [0.25, 0.3) is 0 Å². The molecule has 0 aliphatic carbocycles. The Balaban J connectivity index is 3.15. The van der Waals surface area contributed by atoms with Crippen molar-refractivity contribution < 1.29 is 17.9 Å². The lowest BCUT2D eigenvalue weighted by Gasteiger charge is -2.08. The molecule has 0 aliphatic rings. The van der Waals surface area contributed by atoms with Crippen LogP contribution in [0, 0.1) is 0 Å². The van der Waals surface area contributed by atoms with Crippen LogP contribution in [0.15, 0.2) is 35.2 Å². The Morgan fingerprint density at radius 1 is 1.20 bits per heavy atom. The van der Waals surface area contributed by atoms with Crippen LogP contribution in [0.4, 0.5) is 0 Å². The normalized spacial score (nSPS) is 12.2. The second-order valence-electron chi connectivity index (χ2n) is 4.31. The quantitative estimate of drug-likeness (QED) is 0.573. The zero-order valence-electron chi connectivity index (χ0n) is 11.8. The molecule has 0 fully saturated rings. The fourth-order valence-corrected chi connectivity index (χ4v) is 3.14. The van der Waals surface area contributed by atoms with Crippen molar-refractivity contribution in [2.45, 2.75) is 26.7 Å². The first-order valence-corrected chi connectivity index (χ1v) is 8.33. The Morgan fingerprint density at radius 2 is 1.85 bits per heavy atom. The highest BCUT2D eigenvalue weighted by atomic mass is 32.2. The second-order valence-corrected chi connectivity index (χ2v) is 6.39. The lowest BCUT2D eigenvalue weighted by Crippen LogP contribution is -2.19. The number of hydrogen-bond acceptors (Lipinski definition) is 4. The summed E-state index contributed by atoms with van der Waals surface area (Å²) in [7, 11) is -3.62. The van der Waals surface area contributed by atoms with Gasteiger partial charge in [-0.25, -0.2) is 13.2 Å². The average molecular weight is 296 g/mol. The van der Waals surface area contributed by atoms with Gasteiger partial charge in [-0.2, -0.15) is 0 Å². The van der Waals surface area contributed by atoms with E-state index in [-0.39, 0.29) is 17.3 Å². The fourth-order valence-electron chi connectivity index (χ4n) is 1.62. The van der Waals surface area contributed by atoms with E-state index in [9.17, 15) is 13.2 Å². The molecule has 0 unspecified atom stereocenters. The summed E-state index contributed by atoms with van der Waals surface area (Å²) in [5, 5.41) is 0. The molecule has 0 atom stereocenters. The molecule has 0 saturated heterocycles. The van der Waals surface area contributed by atoms with Gasteiger partial charge < -0.3 is 4.74 Å². The van der Waals surface area contributed by atoms with Crippen LogP contribution in [0.1, 0.15) is 32.3 Å². The summed E-state index contributed by atoms with van der Waals surface area (Å²) in [6, 6.07) is 8.89. The molecule has 0 bridgehead atoms. The van der Waals surface area contributed by atoms with E-state index < -0.39 is 15.8 Å². The monoisotopic (exact) mass is 296 g/mol. The summed E-state index contributed by atoms with van der Waals surface area (Å²) in [6.07, 6.45) is 2.65. The van der Waals surface area contributed by atoms with Gasteiger partial charge in [-0.15, -0.1) is 0 Å². The Morgan fingerprint density at radius 3 is 2.40 bits per heavy atom. The molecule has 1 aromatic carbocycles. The minimum Gasteiger partial charge on any atom is -0.462 e. The van der Waals surface area contributed by atoms with Crippen molar-refractivity contribution in [3.8, 4) is 0 Å². The van der Waals surface area contributed by atoms with E-state index in [4.69, 9.17) is 4.74 Å². The van der Waals surface area contributed by atoms with E-state index in [2.05, 4.69) is 0 Å². The maximum atomic E-state index is 12.2. The smallest absolute Gasteiger partial charge is 0.349 e. The van der Waals surface area contributed by atoms with Crippen molar-refractivity contribution in [3.63, 3.8) is 0 Å². The van der Waals surface area contributed by atoms with Gasteiger partial charge in [-0.05, 0) is 25.0 Å². The summed E-state index contributed by atoms with van der Waals surface area (Å²) in [6.45, 7) is 3.70. The largest absolute Gasteiger partial charge is 0.462 e. The SMILES string of the molecule is CCCCS(=O)(=O)/C(=C\c1ccccc1)C(=O)OCC. The first kappa shape index (κ1) is 16.4. The number of benzene rings is 1. The molecular formula is C15H20O4S. The Bertz CT molecular complexity index is 559. The van der Waals surface area contributed by atoms with Crippen LogP contribution in [0.3, 0.4) is 0 Å². The highest BCUT2D eigenvalue weighted by Crippen LogP contribution is 2.16. The number of hydrogen-bond donors (Lipinski definition) is 0. The predicted molar refractivity (Wildman–Crippen MR) is 79.7 cm³/mol. The lowest BCUT2D eigenvalue weighted by atomic mass is 10.2. The summed E-state index contributed by atoms with van der Waals surface area (Å²) in [4.78, 5) is 11.6. The molecule has 5 heteroatoms. The van der Waals surface area contributed by atoms with Gasteiger partial charge in [0, 0.05) is 0 Å². The van der Waals surface area contributed by atoms with Crippen LogP contribution < -0.4 is 0 Å². The maximum absolute atomic E-state index is 12.2. The average Bonchev–Trinajstić information content (AvgIpc) is 2.44. The second kappa shape index (κ2) is 7.85. The van der Waals surface area contributed by atoms with Gasteiger partial charge in [-0.3, -0.25) is 0 Å². The maximum Gasteiger partial charge on any atom is 0.349 e. The summed E-state index contributed by atoms with van der Waals surface area (Å²) < 4.78 is 29.3. The zero-order chi connectivity index (χ0) is 15.0. The van der Waals surface area contributed by atoms with Crippen molar-refractivity contribution in [2.24, 2.45) is 0 Å². The molecule has 0 amide bonds. The zero-order valence-corrected chi connectivity index (χ0v) is 12.7. The molecule has 0 aliphatic heterocycles. The molecule has 4 nitrogen and oxygen atoms in total. The highest BCUT2D eigenvalue weighted by molar-refractivity contribution is 7.96. The minimum absolute atomic E-state index is 0.0407. The van der Waals surface area contributed by atoms with Gasteiger partial charge in [0.05, 0.1) is 12.4 Å². The first-order chi connectivity index (χ1) is 9.51. The standard InChI is InChI=1S/C15H20O4S/c1-3-5-11-20(17,18)14(15(16)19-4-2)12-13-9-7-6-8-10-13/h6-10,12H,3-5,11H2,1-2H3/b14-12-. The van der Waals surface area contributed by atoms with Crippen LogP contribution in [0.25, 0.3) is 6.08 Å². The van der Waals surface area contributed by atoms with E-state index in [0.717, 1.165) is 6.42 Å². The van der Waals surface area contributed by atoms with Gasteiger partial charge in [0.2, 0.25) is 0 Å². The van der Waals surface area contributed by atoms with Crippen LogP contribution in [0.2, 0.25) is 0 Å². The van der Waals surface area contributed by atoms with Crippen molar-refractivity contribution in [1.82, 2.24) is 0 Å². The van der Waals surface area contributed by atoms with Crippen LogP contribution in [-0.4, -0.2) is 26.7 Å². The van der Waals surface area contributed by atoms with Crippen molar-refractivity contribution in [2.75, 3.05) is 12.4 Å². The molecule has 0 spiro atoms. The van der Waals surface area contributed by atoms with E-state index in [1.54, 1.807) is 31.2 Å². The first-order valence-electron chi connectivity index (χ1n) is 6.68. The molecule has 0 radical (unpaired) electrons. The van der Waals surface area contributed by atoms with Crippen LogP contribution in [0.5, 0.6) is 0 Å². The third-order valence-corrected chi connectivity index (χ3v) is 4.46. The molecule has 20 heavy (non-hydrogen) atoms. The van der Waals surface area contributed by atoms with Crippen molar-refractivity contribution in [1.29, 1.82) is 0 Å². The predicted octanol–water partition coefficient (Wildman–Crippen LogP) is 2.81. The summed E-state index contributed by atoms with van der Waals surface area (Å²) in [5.41, 5.74) is 0.663. The number of unbranched alkanes of at least 4 members (excludes halogenated alkanes) is 1. The fraction of sp³-hybridized carbons (Fsp3) is 0.400. The Kier molecular flexibility index (Phi) is 6.45. The van der Waals surface area contributed by atoms with E-state index >= 15 is 0 Å². The number of carbonyl (C=O) groups excluding carboxylic acids is 1. The van der Waals surface area contributed by atoms with E-state index in [0.29, 0.717) is 12.0 Å². The minimum atomic E-state index is -3.62. The molecule has 0 heterocycles. The van der Waals surface area contributed by atoms with Gasteiger partial charge in [0.15, 0.2) is 14.7 Å². The Labute approximate surface area is 120 Å². The number of carbonyl (C=O) groups is 1. The van der Waals surface area contributed by atoms with Crippen LogP contribution in [-0.2, 0) is 19.4 Å². The third kappa shape index (κ3) is 4.81. The van der Waals surface area contributed by atoms with Gasteiger partial charge in [0.1, 0.15) is 0 Å². The lowest BCUT2D eigenvalue weighted by molar-refractivity contribution is -0.137. The van der Waals surface area contributed by atoms with Crippen molar-refractivity contribution in [3.05, 3.63) is 40.8 Å². The number of sulfone groups is 1. The van der Waals surface area contributed by atoms with Gasteiger partial charge in [-0.1, -0.05) is 43.7 Å². The number of esters is 1. The number of ether oxygens (including phenoxy) is 1. The Hall–Kier alpha value is -1.62. The number of rotatable bonds is 7. The third-order valence-electron chi connectivity index (χ3n) is 2.68. The summed E-state index contributed by atoms with van der Waals surface area (Å²) >= 11 is 0. The van der Waals surface area contributed by atoms with Crippen LogP contribution >= 0.6 is 0 Å². The summed E-state index contributed by atoms with van der Waals surface area (Å²) in [5.74, 6) is -0.825. The molecule has 0 aromatic heterocycles. The topological polar surface area (TPSA) is 60.4 Å². The molecule has 0 N–H and O–H groups in total. The van der Waals surface area contributed by atoms with Gasteiger partial charge >= 0.3 is 5.97 Å². The van der Waals surface area contributed by atoms with Crippen molar-refractivity contribution >= 4 is 21.9 Å². The molecule has 0 saturated carbocycles. The molecule has 1 aromatic rings. The molecular weight excluding hydrogens is 276 g/mol. The van der Waals surface area contributed by atoms with E-state index in [1.807, 2.05) is 13.0 Å². The highest BCUT2D eigenvalue weighted by Gasteiger charge is 2.25. The molecule has 110 valence electrons. The van der Waals surface area contributed by atoms with E-state index in [1.165, 1.54) is 6.08 Å². The molecule has 1 rings (SSSR count).